The second-order valence-corrected chi connectivity index (χ2v) is 10.5. The zero-order chi connectivity index (χ0) is 29.5. The molecule has 218 valence electrons. The number of piperazine rings is 1. The Bertz CT molecular complexity index is 1540. The van der Waals surface area contributed by atoms with Crippen LogP contribution in [0.1, 0.15) is 27.9 Å². The molecule has 0 atom stereocenters. The van der Waals surface area contributed by atoms with Crippen LogP contribution < -0.4 is 11.1 Å². The van der Waals surface area contributed by atoms with E-state index in [1.807, 2.05) is 30.3 Å². The molecule has 1 aliphatic heterocycles. The Morgan fingerprint density at radius 2 is 1.62 bits per heavy atom. The summed E-state index contributed by atoms with van der Waals surface area (Å²) in [6.45, 7) is 6.82. The number of nitrogen functional groups attached to an aromatic ring is 1. The number of methoxy groups -OCH3 is 1. The minimum absolute atomic E-state index is 0.0179. The van der Waals surface area contributed by atoms with E-state index in [4.69, 9.17) is 16.1 Å². The third kappa shape index (κ3) is 7.02. The van der Waals surface area contributed by atoms with Gasteiger partial charge in [0.2, 0.25) is 0 Å². The molecule has 10 heteroatoms. The largest absolute Gasteiger partial charge is 0.469 e. The lowest BCUT2D eigenvalue weighted by molar-refractivity contribution is -0.140. The van der Waals surface area contributed by atoms with E-state index < -0.39 is 0 Å². The maximum absolute atomic E-state index is 12.8. The van der Waals surface area contributed by atoms with Crippen LogP contribution in [0.25, 0.3) is 22.4 Å². The molecule has 42 heavy (non-hydrogen) atoms. The number of ether oxygens (including phenoxy) is 1. The van der Waals surface area contributed by atoms with Crippen molar-refractivity contribution >= 4 is 28.7 Å². The number of nitrogens with zero attached hydrogens (tertiary/aromatic N) is 4. The van der Waals surface area contributed by atoms with Gasteiger partial charge in [0.25, 0.3) is 5.91 Å². The fraction of sp³-hybridized carbons (Fsp3) is 0.312. The lowest BCUT2D eigenvalue weighted by Gasteiger charge is -2.34. The molecule has 3 aromatic carbocycles. The number of fused-ring (bicyclic) bond motifs is 1. The van der Waals surface area contributed by atoms with Crippen molar-refractivity contribution in [3.63, 3.8) is 0 Å². The minimum atomic E-state index is -0.373. The molecule has 1 aromatic heterocycles. The second kappa shape index (κ2) is 13.4. The van der Waals surface area contributed by atoms with Gasteiger partial charge in [-0.05, 0) is 23.8 Å². The van der Waals surface area contributed by atoms with Crippen LogP contribution in [0.4, 0.5) is 0 Å². The Morgan fingerprint density at radius 3 is 2.31 bits per heavy atom. The van der Waals surface area contributed by atoms with E-state index in [0.717, 1.165) is 62.7 Å². The van der Waals surface area contributed by atoms with E-state index in [9.17, 15) is 9.59 Å². The van der Waals surface area contributed by atoms with E-state index in [-0.39, 0.29) is 30.7 Å². The number of carbonyl (C=O) groups excluding carboxylic acids is 2. The lowest BCUT2D eigenvalue weighted by Crippen LogP contribution is -2.46. The third-order valence-electron chi connectivity index (χ3n) is 7.66. The number of aromatic nitrogens is 2. The first-order valence-corrected chi connectivity index (χ1v) is 14.2. The molecule has 0 bridgehead atoms. The van der Waals surface area contributed by atoms with Gasteiger partial charge < -0.3 is 20.4 Å². The molecule has 4 N–H and O–H groups in total. The topological polar surface area (TPSA) is 130 Å². The first kappa shape index (κ1) is 29.0. The predicted octanol–water partition coefficient (Wildman–Crippen LogP) is 3.10. The van der Waals surface area contributed by atoms with Crippen LogP contribution in [0, 0.1) is 5.41 Å². The van der Waals surface area contributed by atoms with Gasteiger partial charge in [-0.1, -0.05) is 54.6 Å². The molecule has 4 aromatic rings. The van der Waals surface area contributed by atoms with Crippen LogP contribution in [-0.4, -0.2) is 83.4 Å². The molecule has 0 radical (unpaired) electrons. The lowest BCUT2D eigenvalue weighted by atomic mass is 10.1. The van der Waals surface area contributed by atoms with Crippen LogP contribution in [-0.2, 0) is 22.6 Å². The number of rotatable bonds is 11. The van der Waals surface area contributed by atoms with E-state index >= 15 is 0 Å². The van der Waals surface area contributed by atoms with Crippen LogP contribution in [0.2, 0.25) is 0 Å². The maximum atomic E-state index is 12.8. The summed E-state index contributed by atoms with van der Waals surface area (Å²) in [5, 5.41) is 10.5. The SMILES string of the molecule is COC(=O)CCNC(=O)c1ccc2c(c1)nc(-c1ccc(C(=N)N)cc1)n2CCN1CCN(Cc2ccccc2)CC1. The molecule has 10 nitrogen and oxygen atoms in total. The van der Waals surface area contributed by atoms with Crippen molar-refractivity contribution in [1.82, 2.24) is 24.7 Å². The van der Waals surface area contributed by atoms with E-state index in [2.05, 4.69) is 54.8 Å². The molecular weight excluding hydrogens is 530 g/mol. The van der Waals surface area contributed by atoms with Gasteiger partial charge in [-0.15, -0.1) is 0 Å². The molecule has 1 aliphatic rings. The fourth-order valence-corrected chi connectivity index (χ4v) is 5.25. The Kier molecular flexibility index (Phi) is 9.25. The number of hydrogen-bond acceptors (Lipinski definition) is 7. The average Bonchev–Trinajstić information content (AvgIpc) is 3.38. The zero-order valence-corrected chi connectivity index (χ0v) is 23.9. The highest BCUT2D eigenvalue weighted by Gasteiger charge is 2.20. The number of hydrogen-bond donors (Lipinski definition) is 3. The molecule has 0 unspecified atom stereocenters. The van der Waals surface area contributed by atoms with Gasteiger partial charge in [0.05, 0.1) is 24.6 Å². The van der Waals surface area contributed by atoms with E-state index in [0.29, 0.717) is 16.6 Å². The van der Waals surface area contributed by atoms with Gasteiger partial charge in [0.1, 0.15) is 11.7 Å². The number of carbonyl (C=O) groups is 2. The highest BCUT2D eigenvalue weighted by atomic mass is 16.5. The summed E-state index contributed by atoms with van der Waals surface area (Å²) in [6, 6.07) is 23.6. The highest BCUT2D eigenvalue weighted by Crippen LogP contribution is 2.26. The smallest absolute Gasteiger partial charge is 0.307 e. The van der Waals surface area contributed by atoms with E-state index in [1.54, 1.807) is 12.1 Å². The minimum Gasteiger partial charge on any atom is -0.469 e. The standard InChI is InChI=1S/C32H37N7O3/c1-42-29(40)13-14-35-32(41)26-11-12-28-27(21-26)36-31(25-9-7-24(8-10-25)30(33)34)39(28)20-19-37-15-17-38(18-16-37)22-23-5-3-2-4-6-23/h2-12,21H,13-20,22H2,1H3,(H3,33,34)(H,35,41). The van der Waals surface area contributed by atoms with Crippen molar-refractivity contribution in [2.45, 2.75) is 19.5 Å². The molecule has 1 amide bonds. The zero-order valence-electron chi connectivity index (χ0n) is 23.9. The first-order valence-electron chi connectivity index (χ1n) is 14.2. The van der Waals surface area contributed by atoms with Gasteiger partial charge in [-0.25, -0.2) is 4.98 Å². The Balaban J connectivity index is 1.32. The summed E-state index contributed by atoms with van der Waals surface area (Å²) >= 11 is 0. The summed E-state index contributed by atoms with van der Waals surface area (Å²) in [5.74, 6) is 0.175. The third-order valence-corrected chi connectivity index (χ3v) is 7.66. The van der Waals surface area contributed by atoms with Crippen molar-refractivity contribution < 1.29 is 14.3 Å². The van der Waals surface area contributed by atoms with Crippen molar-refractivity contribution in [3.8, 4) is 11.4 Å². The summed E-state index contributed by atoms with van der Waals surface area (Å²) < 4.78 is 6.84. The molecule has 2 heterocycles. The Labute approximate surface area is 245 Å². The van der Waals surface area contributed by atoms with Gasteiger partial charge in [-0.3, -0.25) is 24.8 Å². The van der Waals surface area contributed by atoms with Gasteiger partial charge in [-0.2, -0.15) is 0 Å². The number of esters is 1. The normalized spacial score (nSPS) is 14.1. The van der Waals surface area contributed by atoms with Gasteiger partial charge in [0, 0.05) is 69.0 Å². The highest BCUT2D eigenvalue weighted by molar-refractivity contribution is 5.98. The Hall–Kier alpha value is -4.54. The summed E-state index contributed by atoms with van der Waals surface area (Å²) in [6.07, 6.45) is 0.111. The molecule has 0 saturated carbocycles. The van der Waals surface area contributed by atoms with Crippen LogP contribution >= 0.6 is 0 Å². The van der Waals surface area contributed by atoms with E-state index in [1.165, 1.54) is 12.7 Å². The van der Waals surface area contributed by atoms with Crippen LogP contribution in [0.15, 0.2) is 72.8 Å². The number of benzene rings is 3. The number of nitrogens with two attached hydrogens (primary N) is 1. The summed E-state index contributed by atoms with van der Waals surface area (Å²) in [5.41, 5.74) is 10.7. The molecule has 0 spiro atoms. The quantitative estimate of drug-likeness (QED) is 0.144. The van der Waals surface area contributed by atoms with Crippen LogP contribution in [0.5, 0.6) is 0 Å². The molecule has 1 fully saturated rings. The first-order chi connectivity index (χ1) is 20.4. The van der Waals surface area contributed by atoms with Crippen molar-refractivity contribution in [1.29, 1.82) is 5.41 Å². The van der Waals surface area contributed by atoms with Gasteiger partial charge >= 0.3 is 5.97 Å². The van der Waals surface area contributed by atoms with Crippen LogP contribution in [0.3, 0.4) is 0 Å². The molecular formula is C32H37N7O3. The molecule has 1 saturated heterocycles. The van der Waals surface area contributed by atoms with Crippen molar-refractivity contribution in [2.24, 2.45) is 5.73 Å². The second-order valence-electron chi connectivity index (χ2n) is 10.5. The van der Waals surface area contributed by atoms with Crippen molar-refractivity contribution in [2.75, 3.05) is 46.4 Å². The monoisotopic (exact) mass is 567 g/mol. The molecule has 0 aliphatic carbocycles. The molecule has 5 rings (SSSR count). The predicted molar refractivity (Wildman–Crippen MR) is 163 cm³/mol. The fourth-order valence-electron chi connectivity index (χ4n) is 5.25. The van der Waals surface area contributed by atoms with Gasteiger partial charge in [0.15, 0.2) is 0 Å². The number of imidazole rings is 1. The summed E-state index contributed by atoms with van der Waals surface area (Å²) in [7, 11) is 1.33. The Morgan fingerprint density at radius 1 is 0.929 bits per heavy atom. The number of nitrogens with one attached hydrogen (secondary N) is 2. The summed E-state index contributed by atoms with van der Waals surface area (Å²) in [4.78, 5) is 34.1. The van der Waals surface area contributed by atoms with Crippen molar-refractivity contribution in [3.05, 3.63) is 89.5 Å². The maximum Gasteiger partial charge on any atom is 0.307 e. The average molecular weight is 568 g/mol. The number of amidine groups is 1. The number of amides is 1.